The zero-order chi connectivity index (χ0) is 31.6. The van der Waals surface area contributed by atoms with Crippen molar-refractivity contribution in [3.05, 3.63) is 0 Å². The van der Waals surface area contributed by atoms with Crippen LogP contribution in [0, 0.1) is 11.8 Å². The molecule has 0 atom stereocenters. The normalized spacial score (nSPS) is 11.3. The molecule has 44 heavy (non-hydrogen) atoms. The van der Waals surface area contributed by atoms with Crippen molar-refractivity contribution in [3.8, 4) is 0 Å². The van der Waals surface area contributed by atoms with E-state index in [9.17, 15) is 0 Å². The summed E-state index contributed by atoms with van der Waals surface area (Å²) >= 11 is 0. The molecular formula is C36H74Na2O5S. The van der Waals surface area contributed by atoms with Gasteiger partial charge in [-0.15, -0.1) is 0 Å². The summed E-state index contributed by atoms with van der Waals surface area (Å²) in [4.78, 5) is 0. The number of hydrogen-bond acceptors (Lipinski definition) is 5. The van der Waals surface area contributed by atoms with E-state index in [-0.39, 0.29) is 59.1 Å². The Labute approximate surface area is 321 Å². The molecule has 0 radical (unpaired) electrons. The van der Waals surface area contributed by atoms with Crippen molar-refractivity contribution in [2.45, 2.75) is 207 Å². The van der Waals surface area contributed by atoms with Gasteiger partial charge < -0.3 is 13.8 Å². The molecular weight excluding hydrogens is 590 g/mol. The van der Waals surface area contributed by atoms with Crippen LogP contribution in [0.1, 0.15) is 207 Å². The molecule has 0 bridgehead atoms. The fraction of sp³-hybridized carbons (Fsp3) is 1.00. The molecule has 0 aromatic carbocycles. The second kappa shape index (κ2) is 42.9. The molecule has 0 spiro atoms. The second-order valence-electron chi connectivity index (χ2n) is 13.6. The van der Waals surface area contributed by atoms with Gasteiger partial charge in [0.15, 0.2) is 0 Å². The SMILES string of the molecule is CC(C)CCCCCCCCCCCCCCCOCCCCCCCCCCCCCCCC(C)C.O=S(=O)([O-])[O-].[Na+].[Na+]. The maximum atomic E-state index is 8.52. The summed E-state index contributed by atoms with van der Waals surface area (Å²) in [7, 11) is -5.17. The standard InChI is InChI=1S/C36H74O.2Na.H2O4S/c1-35(2)31-27-23-19-15-11-7-5-9-13-17-21-25-29-33-37-34-30-26-22-18-14-10-6-8-12-16-20-24-28-32-36(3)4;;;1-5(2,3)4/h35-36H,5-34H2,1-4H3;;;(H2,1,2,3,4)/q;2*+1;/p-2. The van der Waals surface area contributed by atoms with Gasteiger partial charge in [-0.25, -0.2) is 0 Å². The molecule has 0 amide bonds. The topological polar surface area (TPSA) is 89.5 Å². The Hall–Kier alpha value is 1.83. The van der Waals surface area contributed by atoms with E-state index in [1.807, 2.05) is 0 Å². The minimum Gasteiger partial charge on any atom is -0.759 e. The van der Waals surface area contributed by atoms with Crippen LogP contribution in [0.25, 0.3) is 0 Å². The zero-order valence-corrected chi connectivity index (χ0v) is 35.6. The van der Waals surface area contributed by atoms with Crippen LogP contribution in [0.3, 0.4) is 0 Å². The van der Waals surface area contributed by atoms with Crippen LogP contribution in [-0.4, -0.2) is 30.7 Å². The summed E-state index contributed by atoms with van der Waals surface area (Å²) in [6.45, 7) is 11.4. The molecule has 0 aromatic heterocycles. The molecule has 0 heterocycles. The molecule has 0 aliphatic carbocycles. The Kier molecular flexibility index (Phi) is 51.3. The average Bonchev–Trinajstić information content (AvgIpc) is 2.90. The van der Waals surface area contributed by atoms with E-state index >= 15 is 0 Å². The molecule has 0 aliphatic heterocycles. The van der Waals surface area contributed by atoms with Crippen molar-refractivity contribution >= 4 is 10.4 Å². The van der Waals surface area contributed by atoms with Gasteiger partial charge in [0.1, 0.15) is 0 Å². The first-order chi connectivity index (χ1) is 20.1. The predicted molar refractivity (Wildman–Crippen MR) is 180 cm³/mol. The van der Waals surface area contributed by atoms with Gasteiger partial charge in [0, 0.05) is 23.6 Å². The predicted octanol–water partition coefficient (Wildman–Crippen LogP) is 5.91. The maximum absolute atomic E-state index is 8.52. The Morgan fingerprint density at radius 3 is 0.727 bits per heavy atom. The number of hydrogen-bond donors (Lipinski definition) is 0. The molecule has 0 saturated heterocycles. The second-order valence-corrected chi connectivity index (χ2v) is 14.4. The molecule has 256 valence electrons. The molecule has 0 unspecified atom stereocenters. The summed E-state index contributed by atoms with van der Waals surface area (Å²) in [5, 5.41) is 0. The van der Waals surface area contributed by atoms with Crippen LogP contribution < -0.4 is 59.1 Å². The Morgan fingerprint density at radius 2 is 0.545 bits per heavy atom. The Morgan fingerprint density at radius 1 is 0.386 bits per heavy atom. The summed E-state index contributed by atoms with van der Waals surface area (Å²) in [5.74, 6) is 1.78. The Bertz CT molecular complexity index is 559. The van der Waals surface area contributed by atoms with Gasteiger partial charge in [-0.2, -0.15) is 0 Å². The van der Waals surface area contributed by atoms with Gasteiger partial charge in [-0.05, 0) is 24.7 Å². The molecule has 0 N–H and O–H groups in total. The van der Waals surface area contributed by atoms with Gasteiger partial charge in [0.05, 0.1) is 0 Å². The van der Waals surface area contributed by atoms with Crippen molar-refractivity contribution in [2.24, 2.45) is 11.8 Å². The quantitative estimate of drug-likeness (QED) is 0.0386. The van der Waals surface area contributed by atoms with E-state index in [2.05, 4.69) is 27.7 Å². The fourth-order valence-electron chi connectivity index (χ4n) is 5.50. The first-order valence-electron chi connectivity index (χ1n) is 18.4. The van der Waals surface area contributed by atoms with Gasteiger partial charge in [-0.3, -0.25) is 8.42 Å². The summed E-state index contributed by atoms with van der Waals surface area (Å²) in [5.41, 5.74) is 0. The minimum atomic E-state index is -5.17. The van der Waals surface area contributed by atoms with E-state index in [0.29, 0.717) is 0 Å². The monoisotopic (exact) mass is 665 g/mol. The van der Waals surface area contributed by atoms with Crippen LogP contribution >= 0.6 is 0 Å². The number of unbranched alkanes of at least 4 members (excludes halogenated alkanes) is 24. The summed E-state index contributed by atoms with van der Waals surface area (Å²) in [6.07, 6.45) is 40.2. The van der Waals surface area contributed by atoms with Crippen molar-refractivity contribution in [2.75, 3.05) is 13.2 Å². The fourth-order valence-corrected chi connectivity index (χ4v) is 5.50. The molecule has 8 heteroatoms. The maximum Gasteiger partial charge on any atom is 1.00 e. The number of ether oxygens (including phenoxy) is 1. The largest absolute Gasteiger partial charge is 1.00 e. The van der Waals surface area contributed by atoms with Crippen LogP contribution in [0.2, 0.25) is 0 Å². The van der Waals surface area contributed by atoms with E-state index < -0.39 is 10.4 Å². The third-order valence-corrected chi connectivity index (χ3v) is 8.14. The van der Waals surface area contributed by atoms with Crippen molar-refractivity contribution in [1.82, 2.24) is 0 Å². The first-order valence-corrected chi connectivity index (χ1v) is 19.7. The van der Waals surface area contributed by atoms with Gasteiger partial charge in [-0.1, -0.05) is 195 Å². The van der Waals surface area contributed by atoms with Crippen LogP contribution in [0.4, 0.5) is 0 Å². The van der Waals surface area contributed by atoms with Crippen molar-refractivity contribution in [1.29, 1.82) is 0 Å². The third-order valence-electron chi connectivity index (χ3n) is 8.14. The van der Waals surface area contributed by atoms with Crippen molar-refractivity contribution < 1.29 is 81.4 Å². The van der Waals surface area contributed by atoms with Crippen molar-refractivity contribution in [3.63, 3.8) is 0 Å². The van der Waals surface area contributed by atoms with E-state index in [1.165, 1.54) is 180 Å². The number of rotatable bonds is 32. The molecule has 5 nitrogen and oxygen atoms in total. The van der Waals surface area contributed by atoms with E-state index in [1.54, 1.807) is 0 Å². The van der Waals surface area contributed by atoms with E-state index in [0.717, 1.165) is 25.0 Å². The summed E-state index contributed by atoms with van der Waals surface area (Å²) < 4.78 is 40.0. The third kappa shape index (κ3) is 62.6. The molecule has 0 aliphatic rings. The van der Waals surface area contributed by atoms with E-state index in [4.69, 9.17) is 22.3 Å². The first kappa shape index (κ1) is 52.6. The molecule has 0 saturated carbocycles. The molecule has 0 rings (SSSR count). The van der Waals surface area contributed by atoms with Gasteiger partial charge in [0.25, 0.3) is 0 Å². The molecule has 0 fully saturated rings. The Balaban J connectivity index is -0.00000105. The smallest absolute Gasteiger partial charge is 0.759 e. The van der Waals surface area contributed by atoms with Crippen LogP contribution in [-0.2, 0) is 15.1 Å². The summed E-state index contributed by atoms with van der Waals surface area (Å²) in [6, 6.07) is 0. The molecule has 0 aromatic rings. The van der Waals surface area contributed by atoms with Crippen LogP contribution in [0.15, 0.2) is 0 Å². The van der Waals surface area contributed by atoms with Gasteiger partial charge >= 0.3 is 59.1 Å². The zero-order valence-electron chi connectivity index (χ0n) is 30.8. The average molecular weight is 665 g/mol. The van der Waals surface area contributed by atoms with Gasteiger partial charge in [0.2, 0.25) is 0 Å². The minimum absolute atomic E-state index is 0. The van der Waals surface area contributed by atoms with Crippen LogP contribution in [0.5, 0.6) is 0 Å².